The first-order valence-corrected chi connectivity index (χ1v) is 11.4. The summed E-state index contributed by atoms with van der Waals surface area (Å²) in [6.45, 7) is 1.45. The molecule has 0 aliphatic carbocycles. The summed E-state index contributed by atoms with van der Waals surface area (Å²) in [5.74, 6) is 0.742. The molecule has 0 radical (unpaired) electrons. The second-order valence-corrected chi connectivity index (χ2v) is 8.85. The summed E-state index contributed by atoms with van der Waals surface area (Å²) >= 11 is 0. The van der Waals surface area contributed by atoms with Crippen LogP contribution in [0, 0.1) is 0 Å². The van der Waals surface area contributed by atoms with Crippen LogP contribution in [0.15, 0.2) is 70.7 Å². The fraction of sp³-hybridized carbons (Fsp3) is 0.273. The third kappa shape index (κ3) is 6.66. The van der Waals surface area contributed by atoms with Gasteiger partial charge in [-0.2, -0.15) is 0 Å². The third-order valence-corrected chi connectivity index (χ3v) is 5.81. The van der Waals surface area contributed by atoms with Crippen molar-refractivity contribution in [3.8, 4) is 0 Å². The summed E-state index contributed by atoms with van der Waals surface area (Å²) in [5, 5.41) is 7.77. The number of pyridine rings is 1. The zero-order valence-corrected chi connectivity index (χ0v) is 20.3. The van der Waals surface area contributed by atoms with Crippen LogP contribution in [-0.4, -0.2) is 45.8 Å². The van der Waals surface area contributed by atoms with Crippen molar-refractivity contribution in [3.05, 3.63) is 71.9 Å². The molecule has 0 fully saturated rings. The molecule has 0 aliphatic rings. The van der Waals surface area contributed by atoms with E-state index in [9.17, 15) is 8.42 Å². The molecule has 0 bridgehead atoms. The average Bonchev–Trinajstić information content (AvgIpc) is 2.72. The Labute approximate surface area is 195 Å². The lowest BCUT2D eigenvalue weighted by Gasteiger charge is -2.12. The minimum Gasteiger partial charge on any atom is -0.356 e. The lowest BCUT2D eigenvalue weighted by molar-refractivity contribution is 0.602. The lowest BCUT2D eigenvalue weighted by Crippen LogP contribution is -2.39. The van der Waals surface area contributed by atoms with E-state index in [0.717, 1.165) is 41.8 Å². The summed E-state index contributed by atoms with van der Waals surface area (Å²) in [6.07, 6.45) is 4.66. The molecule has 2 aromatic carbocycles. The molecule has 0 atom stereocenters. The number of hydrogen-bond donors (Lipinski definition) is 2. The quantitative estimate of drug-likeness (QED) is 0.274. The summed E-state index contributed by atoms with van der Waals surface area (Å²) in [7, 11) is -1.41. The Morgan fingerprint density at radius 3 is 2.30 bits per heavy atom. The van der Waals surface area contributed by atoms with Gasteiger partial charge in [-0.05, 0) is 42.2 Å². The first-order valence-electron chi connectivity index (χ1n) is 9.53. The van der Waals surface area contributed by atoms with Crippen LogP contribution in [0.2, 0.25) is 0 Å². The number of nitrogens with zero attached hydrogens (tertiary/aromatic N) is 2. The number of halogens is 1. The van der Waals surface area contributed by atoms with E-state index >= 15 is 0 Å². The predicted octanol–water partition coefficient (Wildman–Crippen LogP) is 3.21. The lowest BCUT2D eigenvalue weighted by atomic mass is 10.1. The van der Waals surface area contributed by atoms with Gasteiger partial charge in [0, 0.05) is 38.0 Å². The Balaban J connectivity index is 0.00000320. The number of fused-ring (bicyclic) bond motifs is 1. The number of sulfone groups is 1. The van der Waals surface area contributed by atoms with Crippen LogP contribution in [0.5, 0.6) is 0 Å². The minimum atomic E-state index is -3.15. The molecule has 0 saturated heterocycles. The third-order valence-electron chi connectivity index (χ3n) is 4.68. The second-order valence-electron chi connectivity index (χ2n) is 6.83. The maximum atomic E-state index is 11.5. The van der Waals surface area contributed by atoms with Crippen molar-refractivity contribution in [1.29, 1.82) is 0 Å². The molecule has 2 N–H and O–H groups in total. The van der Waals surface area contributed by atoms with Gasteiger partial charge in [0.05, 0.1) is 10.4 Å². The van der Waals surface area contributed by atoms with Gasteiger partial charge in [-0.15, -0.1) is 24.0 Å². The van der Waals surface area contributed by atoms with Crippen molar-refractivity contribution in [2.45, 2.75) is 17.7 Å². The highest BCUT2D eigenvalue weighted by molar-refractivity contribution is 14.0. The summed E-state index contributed by atoms with van der Waals surface area (Å²) in [4.78, 5) is 9.09. The van der Waals surface area contributed by atoms with Crippen molar-refractivity contribution in [2.75, 3.05) is 26.4 Å². The Morgan fingerprint density at radius 2 is 1.63 bits per heavy atom. The number of para-hydroxylation sites is 1. The molecular formula is C22H27IN4O2S. The molecule has 0 spiro atoms. The normalized spacial score (nSPS) is 11.7. The molecule has 0 amide bonds. The van der Waals surface area contributed by atoms with Crippen LogP contribution in [0.1, 0.15) is 11.1 Å². The number of aliphatic imine (C=N–C) groups is 1. The molecule has 8 heteroatoms. The van der Waals surface area contributed by atoms with Gasteiger partial charge in [-0.25, -0.2) is 8.42 Å². The van der Waals surface area contributed by atoms with E-state index in [1.807, 2.05) is 24.4 Å². The van der Waals surface area contributed by atoms with Crippen LogP contribution in [0.3, 0.4) is 0 Å². The molecule has 1 aromatic heterocycles. The highest BCUT2D eigenvalue weighted by Crippen LogP contribution is 2.16. The first-order chi connectivity index (χ1) is 14.0. The molecule has 0 aliphatic heterocycles. The topological polar surface area (TPSA) is 83.5 Å². The SMILES string of the molecule is CN=C(NCCc1ccc(S(C)(=O)=O)cc1)NCCc1cccc2cccnc12.I. The zero-order valence-electron chi connectivity index (χ0n) is 17.1. The number of hydrogen-bond acceptors (Lipinski definition) is 4. The van der Waals surface area contributed by atoms with E-state index in [-0.39, 0.29) is 24.0 Å². The van der Waals surface area contributed by atoms with Gasteiger partial charge < -0.3 is 10.6 Å². The van der Waals surface area contributed by atoms with Gasteiger partial charge in [-0.3, -0.25) is 9.98 Å². The van der Waals surface area contributed by atoms with E-state index in [1.165, 1.54) is 11.8 Å². The molecule has 3 rings (SSSR count). The molecule has 0 saturated carbocycles. The fourth-order valence-electron chi connectivity index (χ4n) is 3.13. The van der Waals surface area contributed by atoms with Gasteiger partial charge in [0.1, 0.15) is 0 Å². The molecule has 1 heterocycles. The Hall–Kier alpha value is -2.20. The standard InChI is InChI=1S/C22H26N4O2S.HI/c1-23-22(25-15-12-17-8-10-20(11-9-17)29(2,27)28)26-16-13-19-6-3-5-18-7-4-14-24-21(18)19;/h3-11,14H,12-13,15-16H2,1-2H3,(H2,23,25,26);1H. The van der Waals surface area contributed by atoms with Crippen molar-refractivity contribution in [2.24, 2.45) is 4.99 Å². The molecule has 3 aromatic rings. The summed E-state index contributed by atoms with van der Waals surface area (Å²) < 4.78 is 23.0. The van der Waals surface area contributed by atoms with Crippen LogP contribution in [0.25, 0.3) is 10.9 Å². The van der Waals surface area contributed by atoms with Crippen molar-refractivity contribution < 1.29 is 8.42 Å². The van der Waals surface area contributed by atoms with Gasteiger partial charge in [0.25, 0.3) is 0 Å². The van der Waals surface area contributed by atoms with Crippen LogP contribution in [0.4, 0.5) is 0 Å². The highest BCUT2D eigenvalue weighted by Gasteiger charge is 2.06. The number of guanidine groups is 1. The van der Waals surface area contributed by atoms with Crippen molar-refractivity contribution >= 4 is 50.7 Å². The van der Waals surface area contributed by atoms with Crippen molar-refractivity contribution in [1.82, 2.24) is 15.6 Å². The van der Waals surface area contributed by atoms with E-state index in [1.54, 1.807) is 19.2 Å². The number of rotatable bonds is 7. The second kappa shape index (κ2) is 11.3. The van der Waals surface area contributed by atoms with Crippen LogP contribution < -0.4 is 10.6 Å². The summed E-state index contributed by atoms with van der Waals surface area (Å²) in [5.41, 5.74) is 3.32. The van der Waals surface area contributed by atoms with Crippen LogP contribution in [-0.2, 0) is 22.7 Å². The predicted molar refractivity (Wildman–Crippen MR) is 133 cm³/mol. The largest absolute Gasteiger partial charge is 0.356 e. The first kappa shape index (κ1) is 24.1. The highest BCUT2D eigenvalue weighted by atomic mass is 127. The minimum absolute atomic E-state index is 0. The number of aromatic nitrogens is 1. The molecule has 6 nitrogen and oxygen atoms in total. The van der Waals surface area contributed by atoms with E-state index in [2.05, 4.69) is 44.9 Å². The van der Waals surface area contributed by atoms with Gasteiger partial charge in [0.2, 0.25) is 0 Å². The number of nitrogens with one attached hydrogen (secondary N) is 2. The van der Waals surface area contributed by atoms with E-state index < -0.39 is 9.84 Å². The molecule has 160 valence electrons. The van der Waals surface area contributed by atoms with E-state index in [0.29, 0.717) is 11.4 Å². The van der Waals surface area contributed by atoms with Gasteiger partial charge >= 0.3 is 0 Å². The summed E-state index contributed by atoms with van der Waals surface area (Å²) in [6, 6.07) is 17.2. The maximum absolute atomic E-state index is 11.5. The zero-order chi connectivity index (χ0) is 20.7. The maximum Gasteiger partial charge on any atom is 0.190 e. The van der Waals surface area contributed by atoms with Gasteiger partial charge in [-0.1, -0.05) is 36.4 Å². The van der Waals surface area contributed by atoms with Crippen molar-refractivity contribution in [3.63, 3.8) is 0 Å². The van der Waals surface area contributed by atoms with Gasteiger partial charge in [0.15, 0.2) is 15.8 Å². The van der Waals surface area contributed by atoms with E-state index in [4.69, 9.17) is 0 Å². The molecule has 0 unspecified atom stereocenters. The Bertz CT molecular complexity index is 1090. The van der Waals surface area contributed by atoms with Crippen LogP contribution >= 0.6 is 24.0 Å². The Morgan fingerprint density at radius 1 is 0.967 bits per heavy atom. The number of benzene rings is 2. The fourth-order valence-corrected chi connectivity index (χ4v) is 3.76. The smallest absolute Gasteiger partial charge is 0.190 e. The monoisotopic (exact) mass is 538 g/mol. The Kier molecular flexibility index (Phi) is 9.04. The average molecular weight is 538 g/mol. The molecular weight excluding hydrogens is 511 g/mol. The molecule has 30 heavy (non-hydrogen) atoms.